The molecule has 0 bridgehead atoms. The van der Waals surface area contributed by atoms with Gasteiger partial charge in [-0.05, 0) is 48.6 Å². The van der Waals surface area contributed by atoms with Gasteiger partial charge in [-0.3, -0.25) is 4.79 Å². The third kappa shape index (κ3) is 5.23. The summed E-state index contributed by atoms with van der Waals surface area (Å²) in [5.41, 5.74) is 0.534. The van der Waals surface area contributed by atoms with Crippen LogP contribution in [0.25, 0.3) is 0 Å². The van der Waals surface area contributed by atoms with Gasteiger partial charge in [0.2, 0.25) is 15.9 Å². The summed E-state index contributed by atoms with van der Waals surface area (Å²) in [6.45, 7) is 0. The smallest absolute Gasteiger partial charge is 0.241 e. The molecule has 0 spiro atoms. The van der Waals surface area contributed by atoms with Gasteiger partial charge in [-0.2, -0.15) is 16.5 Å². The molecule has 10 heteroatoms. The number of sulfone groups is 1. The molecule has 0 saturated carbocycles. The van der Waals surface area contributed by atoms with Crippen LogP contribution in [0.4, 0.5) is 0 Å². The minimum absolute atomic E-state index is 0.0693. The SMILES string of the molecule is CSCCC(NS(=O)(=O)c1ccccc1)C(=O)NC1CCS(=O)(=O)c2ccccc21. The van der Waals surface area contributed by atoms with Crippen molar-refractivity contribution in [1.82, 2.24) is 10.0 Å². The van der Waals surface area contributed by atoms with Crippen LogP contribution in [0.2, 0.25) is 0 Å². The van der Waals surface area contributed by atoms with Crippen molar-refractivity contribution >= 4 is 37.5 Å². The number of rotatable bonds is 8. The fraction of sp³-hybridized carbons (Fsp3) is 0.350. The molecule has 2 aromatic rings. The summed E-state index contributed by atoms with van der Waals surface area (Å²) >= 11 is 1.51. The Morgan fingerprint density at radius 2 is 1.80 bits per heavy atom. The van der Waals surface area contributed by atoms with E-state index in [1.54, 1.807) is 36.4 Å². The van der Waals surface area contributed by atoms with E-state index in [1.165, 1.54) is 30.0 Å². The van der Waals surface area contributed by atoms with Crippen LogP contribution < -0.4 is 10.0 Å². The number of carbonyl (C=O) groups excluding carboxylic acids is 1. The third-order valence-electron chi connectivity index (χ3n) is 4.90. The van der Waals surface area contributed by atoms with E-state index in [-0.39, 0.29) is 22.0 Å². The van der Waals surface area contributed by atoms with E-state index in [9.17, 15) is 21.6 Å². The number of fused-ring (bicyclic) bond motifs is 1. The lowest BCUT2D eigenvalue weighted by Gasteiger charge is -2.28. The minimum atomic E-state index is -3.87. The number of thioether (sulfide) groups is 1. The number of carbonyl (C=O) groups is 1. The van der Waals surface area contributed by atoms with Crippen molar-refractivity contribution in [3.05, 3.63) is 60.2 Å². The topological polar surface area (TPSA) is 109 Å². The van der Waals surface area contributed by atoms with Crippen molar-refractivity contribution in [2.75, 3.05) is 17.8 Å². The lowest BCUT2D eigenvalue weighted by atomic mass is 10.0. The highest BCUT2D eigenvalue weighted by Crippen LogP contribution is 2.32. The zero-order valence-electron chi connectivity index (χ0n) is 16.4. The van der Waals surface area contributed by atoms with Crippen LogP contribution >= 0.6 is 11.8 Å². The first-order valence-electron chi connectivity index (χ1n) is 9.43. The molecule has 0 saturated heterocycles. The maximum atomic E-state index is 13.0. The summed E-state index contributed by atoms with van der Waals surface area (Å²) in [7, 11) is -7.25. The second-order valence-electron chi connectivity index (χ2n) is 6.97. The van der Waals surface area contributed by atoms with E-state index in [2.05, 4.69) is 10.0 Å². The van der Waals surface area contributed by atoms with Crippen molar-refractivity contribution in [3.63, 3.8) is 0 Å². The average molecular weight is 469 g/mol. The predicted molar refractivity (Wildman–Crippen MR) is 118 cm³/mol. The molecule has 3 rings (SSSR count). The molecule has 0 radical (unpaired) electrons. The molecule has 2 unspecified atom stereocenters. The Morgan fingerprint density at radius 1 is 1.13 bits per heavy atom. The Labute approximate surface area is 181 Å². The Morgan fingerprint density at radius 3 is 2.50 bits per heavy atom. The zero-order chi connectivity index (χ0) is 21.8. The highest BCUT2D eigenvalue weighted by Gasteiger charge is 2.33. The number of hydrogen-bond acceptors (Lipinski definition) is 6. The fourth-order valence-corrected chi connectivity index (χ4v) is 6.69. The molecule has 2 aromatic carbocycles. The number of sulfonamides is 1. The van der Waals surface area contributed by atoms with Crippen LogP contribution in [0.1, 0.15) is 24.4 Å². The quantitative estimate of drug-likeness (QED) is 0.614. The van der Waals surface area contributed by atoms with Gasteiger partial charge in [-0.1, -0.05) is 36.4 Å². The van der Waals surface area contributed by atoms with E-state index in [1.807, 2.05) is 6.26 Å². The van der Waals surface area contributed by atoms with Crippen molar-refractivity contribution < 1.29 is 21.6 Å². The molecule has 1 amide bonds. The second kappa shape index (κ2) is 9.51. The van der Waals surface area contributed by atoms with Gasteiger partial charge in [0.1, 0.15) is 6.04 Å². The first-order chi connectivity index (χ1) is 14.2. The van der Waals surface area contributed by atoms with Gasteiger partial charge in [-0.25, -0.2) is 16.8 Å². The first-order valence-corrected chi connectivity index (χ1v) is 14.0. The summed E-state index contributed by atoms with van der Waals surface area (Å²) in [5.74, 6) is 0.0493. The highest BCUT2D eigenvalue weighted by molar-refractivity contribution is 7.98. The molecule has 0 fully saturated rings. The molecular weight excluding hydrogens is 444 g/mol. The summed E-state index contributed by atoms with van der Waals surface area (Å²) in [6.07, 6.45) is 2.43. The van der Waals surface area contributed by atoms with Crippen LogP contribution in [-0.2, 0) is 24.7 Å². The Hall–Kier alpha value is -1.88. The monoisotopic (exact) mass is 468 g/mol. The Bertz CT molecular complexity index is 1100. The molecule has 0 aliphatic carbocycles. The van der Waals surface area contributed by atoms with Gasteiger partial charge in [-0.15, -0.1) is 0 Å². The lowest BCUT2D eigenvalue weighted by Crippen LogP contribution is -2.48. The molecule has 1 aliphatic rings. The molecule has 2 atom stereocenters. The van der Waals surface area contributed by atoms with Crippen LogP contribution in [0, 0.1) is 0 Å². The van der Waals surface area contributed by atoms with Gasteiger partial charge < -0.3 is 5.32 Å². The maximum absolute atomic E-state index is 13.0. The van der Waals surface area contributed by atoms with Crippen molar-refractivity contribution in [1.29, 1.82) is 0 Å². The molecular formula is C20H24N2O5S3. The number of amides is 1. The zero-order valence-corrected chi connectivity index (χ0v) is 18.9. The van der Waals surface area contributed by atoms with Gasteiger partial charge in [0.25, 0.3) is 0 Å². The third-order valence-corrected chi connectivity index (χ3v) is 8.85. The number of nitrogens with one attached hydrogen (secondary N) is 2. The van der Waals surface area contributed by atoms with Crippen LogP contribution in [0.15, 0.2) is 64.4 Å². The largest absolute Gasteiger partial charge is 0.348 e. The van der Waals surface area contributed by atoms with Crippen LogP contribution in [0.3, 0.4) is 0 Å². The standard InChI is InChI=1S/C20H24N2O5S3/c1-28-13-11-18(22-30(26,27)15-7-3-2-4-8-15)20(23)21-17-12-14-29(24,25)19-10-6-5-9-16(17)19/h2-10,17-18,22H,11-14H2,1H3,(H,21,23). The second-order valence-corrected chi connectivity index (χ2v) is 11.8. The summed E-state index contributed by atoms with van der Waals surface area (Å²) in [6, 6.07) is 13.0. The van der Waals surface area contributed by atoms with Gasteiger partial charge in [0, 0.05) is 0 Å². The van der Waals surface area contributed by atoms with E-state index >= 15 is 0 Å². The molecule has 7 nitrogen and oxygen atoms in total. The normalized spacial score (nSPS) is 18.9. The molecule has 162 valence electrons. The van der Waals surface area contributed by atoms with Crippen LogP contribution in [-0.4, -0.2) is 46.5 Å². The van der Waals surface area contributed by atoms with Crippen molar-refractivity contribution in [3.8, 4) is 0 Å². The molecule has 0 aromatic heterocycles. The van der Waals surface area contributed by atoms with Gasteiger partial charge in [0.15, 0.2) is 9.84 Å². The average Bonchev–Trinajstić information content (AvgIpc) is 2.74. The summed E-state index contributed by atoms with van der Waals surface area (Å²) in [4.78, 5) is 13.3. The van der Waals surface area contributed by atoms with Gasteiger partial charge in [0.05, 0.1) is 21.6 Å². The van der Waals surface area contributed by atoms with Crippen molar-refractivity contribution in [2.24, 2.45) is 0 Å². The predicted octanol–water partition coefficient (Wildman–Crippen LogP) is 2.12. The van der Waals surface area contributed by atoms with Gasteiger partial charge >= 0.3 is 0 Å². The fourth-order valence-electron chi connectivity index (χ4n) is 3.35. The Kier molecular flexibility index (Phi) is 7.22. The minimum Gasteiger partial charge on any atom is -0.348 e. The summed E-state index contributed by atoms with van der Waals surface area (Å²) < 4.78 is 52.6. The molecule has 1 aliphatic heterocycles. The summed E-state index contributed by atoms with van der Waals surface area (Å²) in [5, 5.41) is 2.86. The van der Waals surface area contributed by atoms with Crippen LogP contribution in [0.5, 0.6) is 0 Å². The molecule has 30 heavy (non-hydrogen) atoms. The van der Waals surface area contributed by atoms with E-state index < -0.39 is 37.9 Å². The Balaban J connectivity index is 1.81. The van der Waals surface area contributed by atoms with Crippen molar-refractivity contribution in [2.45, 2.75) is 34.7 Å². The highest BCUT2D eigenvalue weighted by atomic mass is 32.2. The first kappa shape index (κ1) is 22.8. The molecule has 1 heterocycles. The number of hydrogen-bond donors (Lipinski definition) is 2. The maximum Gasteiger partial charge on any atom is 0.241 e. The van der Waals surface area contributed by atoms with E-state index in [4.69, 9.17) is 0 Å². The number of benzene rings is 2. The molecule has 2 N–H and O–H groups in total. The van der Waals surface area contributed by atoms with E-state index in [0.29, 0.717) is 17.7 Å². The van der Waals surface area contributed by atoms with E-state index in [0.717, 1.165) is 0 Å². The lowest BCUT2D eigenvalue weighted by molar-refractivity contribution is -0.123.